The maximum Gasteiger partial charge on any atom is 0.265 e. The van der Waals surface area contributed by atoms with Crippen molar-refractivity contribution in [2.75, 3.05) is 7.11 Å². The van der Waals surface area contributed by atoms with Gasteiger partial charge in [0.2, 0.25) is 0 Å². The van der Waals surface area contributed by atoms with Crippen molar-refractivity contribution in [3.05, 3.63) is 56.7 Å². The van der Waals surface area contributed by atoms with E-state index in [0.717, 1.165) is 11.3 Å². The SMILES string of the molecule is COc1ccc(Cc2ncc(Br)c(=O)[nH]2)cc1. The molecule has 0 bridgehead atoms. The van der Waals surface area contributed by atoms with Crippen LogP contribution in [0.4, 0.5) is 0 Å². The Morgan fingerprint density at radius 2 is 2.06 bits per heavy atom. The third kappa shape index (κ3) is 2.94. The summed E-state index contributed by atoms with van der Waals surface area (Å²) in [5.74, 6) is 1.45. The fourth-order valence-electron chi connectivity index (χ4n) is 1.44. The molecule has 0 aliphatic heterocycles. The lowest BCUT2D eigenvalue weighted by Gasteiger charge is -2.03. The van der Waals surface area contributed by atoms with E-state index in [-0.39, 0.29) is 5.56 Å². The highest BCUT2D eigenvalue weighted by molar-refractivity contribution is 9.10. The molecule has 4 nitrogen and oxygen atoms in total. The average molecular weight is 295 g/mol. The number of ether oxygens (including phenoxy) is 1. The number of nitrogens with zero attached hydrogens (tertiary/aromatic N) is 1. The van der Waals surface area contributed by atoms with Crippen molar-refractivity contribution in [1.82, 2.24) is 9.97 Å². The van der Waals surface area contributed by atoms with E-state index in [2.05, 4.69) is 25.9 Å². The number of aromatic amines is 1. The first kappa shape index (κ1) is 11.9. The van der Waals surface area contributed by atoms with Crippen molar-refractivity contribution in [3.8, 4) is 5.75 Å². The predicted octanol–water partition coefficient (Wildman–Crippen LogP) is 2.13. The largest absolute Gasteiger partial charge is 0.497 e. The minimum atomic E-state index is -0.163. The van der Waals surface area contributed by atoms with Gasteiger partial charge in [0.1, 0.15) is 16.0 Å². The van der Waals surface area contributed by atoms with E-state index in [1.165, 1.54) is 6.20 Å². The van der Waals surface area contributed by atoms with E-state index in [9.17, 15) is 4.79 Å². The number of rotatable bonds is 3. The molecule has 0 radical (unpaired) electrons. The van der Waals surface area contributed by atoms with Crippen LogP contribution in [0.25, 0.3) is 0 Å². The van der Waals surface area contributed by atoms with Crippen molar-refractivity contribution < 1.29 is 4.74 Å². The second kappa shape index (κ2) is 5.14. The van der Waals surface area contributed by atoms with Gasteiger partial charge in [0.15, 0.2) is 0 Å². The van der Waals surface area contributed by atoms with Gasteiger partial charge in [-0.3, -0.25) is 4.79 Å². The van der Waals surface area contributed by atoms with E-state index in [0.29, 0.717) is 16.7 Å². The molecule has 0 aliphatic carbocycles. The van der Waals surface area contributed by atoms with Crippen molar-refractivity contribution in [2.45, 2.75) is 6.42 Å². The van der Waals surface area contributed by atoms with E-state index in [1.54, 1.807) is 7.11 Å². The van der Waals surface area contributed by atoms with Gasteiger partial charge in [-0.05, 0) is 33.6 Å². The Bertz CT molecular complexity index is 563. The molecular weight excluding hydrogens is 284 g/mol. The van der Waals surface area contributed by atoms with E-state index < -0.39 is 0 Å². The van der Waals surface area contributed by atoms with Crippen LogP contribution in [0.1, 0.15) is 11.4 Å². The van der Waals surface area contributed by atoms with Gasteiger partial charge in [-0.15, -0.1) is 0 Å². The molecule has 1 heterocycles. The topological polar surface area (TPSA) is 55.0 Å². The standard InChI is InChI=1S/C12H11BrN2O2/c1-17-9-4-2-8(3-5-9)6-11-14-7-10(13)12(16)15-11/h2-5,7H,6H2,1H3,(H,14,15,16). The zero-order valence-corrected chi connectivity index (χ0v) is 10.8. The van der Waals surface area contributed by atoms with Crippen molar-refractivity contribution in [1.29, 1.82) is 0 Å². The van der Waals surface area contributed by atoms with Gasteiger partial charge in [0.25, 0.3) is 5.56 Å². The average Bonchev–Trinajstić information content (AvgIpc) is 2.35. The summed E-state index contributed by atoms with van der Waals surface area (Å²) < 4.78 is 5.52. The highest BCUT2D eigenvalue weighted by Gasteiger charge is 2.01. The lowest BCUT2D eigenvalue weighted by molar-refractivity contribution is 0.414. The Kier molecular flexibility index (Phi) is 3.58. The van der Waals surface area contributed by atoms with Gasteiger partial charge in [0, 0.05) is 12.6 Å². The van der Waals surface area contributed by atoms with Gasteiger partial charge < -0.3 is 9.72 Å². The Morgan fingerprint density at radius 1 is 1.35 bits per heavy atom. The van der Waals surface area contributed by atoms with Gasteiger partial charge in [-0.1, -0.05) is 12.1 Å². The van der Waals surface area contributed by atoms with Crippen molar-refractivity contribution in [3.63, 3.8) is 0 Å². The number of hydrogen-bond donors (Lipinski definition) is 1. The molecule has 1 aromatic heterocycles. The molecule has 88 valence electrons. The Hall–Kier alpha value is -1.62. The van der Waals surface area contributed by atoms with E-state index in [4.69, 9.17) is 4.74 Å². The van der Waals surface area contributed by atoms with E-state index in [1.807, 2.05) is 24.3 Å². The molecule has 0 saturated carbocycles. The van der Waals surface area contributed by atoms with Gasteiger partial charge in [-0.2, -0.15) is 0 Å². The molecule has 17 heavy (non-hydrogen) atoms. The Balaban J connectivity index is 2.19. The normalized spacial score (nSPS) is 10.2. The van der Waals surface area contributed by atoms with Crippen LogP contribution in [-0.4, -0.2) is 17.1 Å². The predicted molar refractivity (Wildman–Crippen MR) is 68.4 cm³/mol. The van der Waals surface area contributed by atoms with Crippen molar-refractivity contribution in [2.24, 2.45) is 0 Å². The first-order valence-corrected chi connectivity index (χ1v) is 5.85. The second-order valence-corrected chi connectivity index (χ2v) is 4.39. The molecule has 1 aromatic carbocycles. The van der Waals surface area contributed by atoms with Gasteiger partial charge in [0.05, 0.1) is 7.11 Å². The van der Waals surface area contributed by atoms with Crippen molar-refractivity contribution >= 4 is 15.9 Å². The molecule has 0 atom stereocenters. The van der Waals surface area contributed by atoms with Crippen LogP contribution in [0.15, 0.2) is 39.7 Å². The summed E-state index contributed by atoms with van der Waals surface area (Å²) in [7, 11) is 1.63. The van der Waals surface area contributed by atoms with Crippen LogP contribution < -0.4 is 10.3 Å². The van der Waals surface area contributed by atoms with Crippen LogP contribution >= 0.6 is 15.9 Å². The van der Waals surface area contributed by atoms with Crippen LogP contribution in [0, 0.1) is 0 Å². The molecule has 1 N–H and O–H groups in total. The van der Waals surface area contributed by atoms with Crippen LogP contribution in [0.3, 0.4) is 0 Å². The van der Waals surface area contributed by atoms with Crippen LogP contribution in [0.5, 0.6) is 5.75 Å². The van der Waals surface area contributed by atoms with Gasteiger partial charge in [-0.25, -0.2) is 4.98 Å². The first-order valence-electron chi connectivity index (χ1n) is 5.05. The summed E-state index contributed by atoms with van der Waals surface area (Å²) in [5, 5.41) is 0. The number of aromatic nitrogens is 2. The van der Waals surface area contributed by atoms with Crippen LogP contribution in [-0.2, 0) is 6.42 Å². The number of halogens is 1. The fraction of sp³-hybridized carbons (Fsp3) is 0.167. The molecule has 0 amide bonds. The minimum Gasteiger partial charge on any atom is -0.497 e. The summed E-state index contributed by atoms with van der Waals surface area (Å²) in [6.45, 7) is 0. The summed E-state index contributed by atoms with van der Waals surface area (Å²) >= 11 is 3.11. The summed E-state index contributed by atoms with van der Waals surface area (Å²) in [5.41, 5.74) is 0.903. The molecule has 2 aromatic rings. The molecule has 0 fully saturated rings. The first-order chi connectivity index (χ1) is 8.19. The second-order valence-electron chi connectivity index (χ2n) is 3.53. The van der Waals surface area contributed by atoms with Gasteiger partial charge >= 0.3 is 0 Å². The third-order valence-corrected chi connectivity index (χ3v) is 2.90. The van der Waals surface area contributed by atoms with E-state index >= 15 is 0 Å². The molecule has 5 heteroatoms. The monoisotopic (exact) mass is 294 g/mol. The highest BCUT2D eigenvalue weighted by Crippen LogP contribution is 2.13. The molecule has 0 spiro atoms. The maximum atomic E-state index is 11.4. The molecule has 0 unspecified atom stereocenters. The molecule has 0 saturated heterocycles. The zero-order valence-electron chi connectivity index (χ0n) is 9.24. The molecule has 0 aliphatic rings. The Morgan fingerprint density at radius 3 is 2.65 bits per heavy atom. The fourth-order valence-corrected chi connectivity index (χ4v) is 1.64. The quantitative estimate of drug-likeness (QED) is 0.943. The summed E-state index contributed by atoms with van der Waals surface area (Å²) in [6, 6.07) is 7.65. The third-order valence-electron chi connectivity index (χ3n) is 2.34. The minimum absolute atomic E-state index is 0.163. The lowest BCUT2D eigenvalue weighted by atomic mass is 10.1. The number of H-pyrrole nitrogens is 1. The smallest absolute Gasteiger partial charge is 0.265 e. The number of hydrogen-bond acceptors (Lipinski definition) is 3. The number of methoxy groups -OCH3 is 1. The molecular formula is C12H11BrN2O2. The molecule has 2 rings (SSSR count). The summed E-state index contributed by atoms with van der Waals surface area (Å²) in [4.78, 5) is 18.2. The zero-order chi connectivity index (χ0) is 12.3. The Labute approximate surface area is 107 Å². The van der Waals surface area contributed by atoms with Crippen LogP contribution in [0.2, 0.25) is 0 Å². The summed E-state index contributed by atoms with van der Waals surface area (Å²) in [6.07, 6.45) is 2.10. The lowest BCUT2D eigenvalue weighted by Crippen LogP contribution is -2.11. The number of nitrogens with one attached hydrogen (secondary N) is 1. The highest BCUT2D eigenvalue weighted by atomic mass is 79.9. The number of benzene rings is 1. The maximum absolute atomic E-state index is 11.4.